The van der Waals surface area contributed by atoms with Crippen molar-refractivity contribution in [2.45, 2.75) is 26.4 Å². The summed E-state index contributed by atoms with van der Waals surface area (Å²) in [7, 11) is 1.60. The Hall–Kier alpha value is -0.280. The molecule has 0 aliphatic heterocycles. The average molecular weight is 180 g/mol. The minimum atomic E-state index is -0.427. The van der Waals surface area contributed by atoms with Crippen LogP contribution in [0.3, 0.4) is 0 Å². The molecule has 0 radical (unpaired) electrons. The van der Waals surface area contributed by atoms with E-state index in [-0.39, 0.29) is 12.5 Å². The van der Waals surface area contributed by atoms with Crippen molar-refractivity contribution in [3.8, 4) is 0 Å². The molecule has 0 heterocycles. The second kappa shape index (κ2) is 3.93. The minimum absolute atomic E-state index is 0.110. The smallest absolute Gasteiger partial charge is 0.322 e. The predicted molar refractivity (Wildman–Crippen MR) is 44.3 cm³/mol. The van der Waals surface area contributed by atoms with Crippen LogP contribution in [0, 0.1) is 0 Å². The molecule has 0 atom stereocenters. The summed E-state index contributed by atoms with van der Waals surface area (Å²) in [5.74, 6) is -0.310. The predicted octanol–water partition coefficient (Wildman–Crippen LogP) is 1.41. The molecule has 0 aromatic carbocycles. The maximum absolute atomic E-state index is 10.9. The lowest BCUT2D eigenvalue weighted by Gasteiger charge is -2.20. The Morgan fingerprint density at radius 1 is 1.55 bits per heavy atom. The summed E-state index contributed by atoms with van der Waals surface area (Å²) < 4.78 is 6.24. The van der Waals surface area contributed by atoms with E-state index in [1.807, 2.05) is 20.8 Å². The maximum atomic E-state index is 10.9. The Labute approximate surface area is 72.4 Å². The van der Waals surface area contributed by atoms with Crippen LogP contribution < -0.4 is 0 Å². The first-order valence-corrected chi connectivity index (χ1v) is 3.74. The average Bonchev–Trinajstić information content (AvgIpc) is 1.53. The lowest BCUT2D eigenvalue weighted by atomic mass is 10.2. The monoisotopic (exact) mass is 179 g/mol. The molecule has 0 aliphatic rings. The van der Waals surface area contributed by atoms with Gasteiger partial charge in [0.05, 0.1) is 0 Å². The van der Waals surface area contributed by atoms with Crippen LogP contribution in [0.4, 0.5) is 0 Å². The summed E-state index contributed by atoms with van der Waals surface area (Å²) in [6, 6.07) is 0. The Kier molecular flexibility index (Phi) is 3.83. The second-order valence-corrected chi connectivity index (χ2v) is 3.93. The first kappa shape index (κ1) is 10.7. The molecule has 66 valence electrons. The first-order valence-electron chi connectivity index (χ1n) is 3.40. The van der Waals surface area contributed by atoms with Gasteiger partial charge in [-0.15, -0.1) is 0 Å². The minimum Gasteiger partial charge on any atom is -0.459 e. The molecule has 0 bridgehead atoms. The van der Waals surface area contributed by atoms with Crippen molar-refractivity contribution in [2.24, 2.45) is 0 Å². The quantitative estimate of drug-likeness (QED) is 0.474. The zero-order valence-electron chi connectivity index (χ0n) is 7.35. The van der Waals surface area contributed by atoms with Crippen LogP contribution in [-0.2, 0) is 9.53 Å². The molecule has 0 rings (SSSR count). The number of likely N-dealkylation sites (N-methyl/N-ethyl adjacent to an activating group) is 1. The molecule has 0 spiro atoms. The third-order valence-corrected chi connectivity index (χ3v) is 0.887. The first-order chi connectivity index (χ1) is 4.81. The van der Waals surface area contributed by atoms with Gasteiger partial charge in [-0.1, -0.05) is 0 Å². The Bertz CT molecular complexity index is 140. The Morgan fingerprint density at radius 3 is 2.27 bits per heavy atom. The molecule has 0 fully saturated rings. The van der Waals surface area contributed by atoms with Crippen molar-refractivity contribution >= 4 is 17.7 Å². The molecule has 0 saturated carbocycles. The highest BCUT2D eigenvalue weighted by Crippen LogP contribution is 2.07. The van der Waals surface area contributed by atoms with E-state index in [4.69, 9.17) is 16.5 Å². The molecule has 0 saturated heterocycles. The van der Waals surface area contributed by atoms with Gasteiger partial charge in [0.15, 0.2) is 0 Å². The second-order valence-electron chi connectivity index (χ2n) is 3.35. The lowest BCUT2D eigenvalue weighted by Crippen LogP contribution is -2.29. The lowest BCUT2D eigenvalue weighted by molar-refractivity contribution is -0.154. The largest absolute Gasteiger partial charge is 0.459 e. The van der Waals surface area contributed by atoms with E-state index in [1.165, 1.54) is 4.42 Å². The zero-order chi connectivity index (χ0) is 9.07. The van der Waals surface area contributed by atoms with Gasteiger partial charge in [-0.25, -0.2) is 4.42 Å². The number of rotatable bonds is 2. The molecule has 0 aromatic rings. The van der Waals surface area contributed by atoms with Gasteiger partial charge in [-0.2, -0.15) is 0 Å². The van der Waals surface area contributed by atoms with Crippen LogP contribution >= 0.6 is 11.8 Å². The summed E-state index contributed by atoms with van der Waals surface area (Å²) in [5.41, 5.74) is -0.427. The molecule has 0 aliphatic carbocycles. The fourth-order valence-corrected chi connectivity index (χ4v) is 0.649. The molecule has 0 N–H and O–H groups in total. The Balaban J connectivity index is 3.71. The van der Waals surface area contributed by atoms with E-state index in [0.29, 0.717) is 0 Å². The number of hydrogen-bond donors (Lipinski definition) is 0. The summed E-state index contributed by atoms with van der Waals surface area (Å²) in [6.45, 7) is 5.57. The van der Waals surface area contributed by atoms with Gasteiger partial charge in [-0.05, 0) is 32.5 Å². The van der Waals surface area contributed by atoms with Gasteiger partial charge in [0.2, 0.25) is 0 Å². The van der Waals surface area contributed by atoms with Gasteiger partial charge in [0.25, 0.3) is 0 Å². The third-order valence-electron chi connectivity index (χ3n) is 0.767. The number of hydrogen-bond acceptors (Lipinski definition) is 3. The molecular formula is C7H14ClNO2. The van der Waals surface area contributed by atoms with Crippen molar-refractivity contribution in [2.75, 3.05) is 13.6 Å². The van der Waals surface area contributed by atoms with Crippen molar-refractivity contribution in [3.05, 3.63) is 0 Å². The topological polar surface area (TPSA) is 29.5 Å². The Morgan fingerprint density at radius 2 is 2.00 bits per heavy atom. The number of carbonyl (C=O) groups is 1. The van der Waals surface area contributed by atoms with Crippen molar-refractivity contribution < 1.29 is 9.53 Å². The summed E-state index contributed by atoms with van der Waals surface area (Å²) >= 11 is 5.43. The van der Waals surface area contributed by atoms with Gasteiger partial charge in [0, 0.05) is 7.05 Å². The van der Waals surface area contributed by atoms with Crippen LogP contribution in [0.2, 0.25) is 0 Å². The normalized spacial score (nSPS) is 11.8. The fraction of sp³-hybridized carbons (Fsp3) is 0.857. The summed E-state index contributed by atoms with van der Waals surface area (Å²) in [5, 5.41) is 0. The highest BCUT2D eigenvalue weighted by molar-refractivity contribution is 6.14. The SMILES string of the molecule is CN(Cl)CC(=O)OC(C)(C)C. The van der Waals surface area contributed by atoms with Crippen molar-refractivity contribution in [1.82, 2.24) is 4.42 Å². The number of ether oxygens (including phenoxy) is 1. The van der Waals surface area contributed by atoms with Gasteiger partial charge >= 0.3 is 5.97 Å². The number of esters is 1. The molecule has 11 heavy (non-hydrogen) atoms. The number of nitrogens with zero attached hydrogens (tertiary/aromatic N) is 1. The maximum Gasteiger partial charge on any atom is 0.322 e. The van der Waals surface area contributed by atoms with Crippen LogP contribution in [0.5, 0.6) is 0 Å². The zero-order valence-corrected chi connectivity index (χ0v) is 8.10. The van der Waals surface area contributed by atoms with Crippen LogP contribution in [0.15, 0.2) is 0 Å². The van der Waals surface area contributed by atoms with Crippen molar-refractivity contribution in [1.29, 1.82) is 0 Å². The van der Waals surface area contributed by atoms with Gasteiger partial charge in [-0.3, -0.25) is 4.79 Å². The molecule has 4 heteroatoms. The molecule has 0 unspecified atom stereocenters. The van der Waals surface area contributed by atoms with E-state index in [1.54, 1.807) is 7.05 Å². The van der Waals surface area contributed by atoms with Crippen LogP contribution in [0.25, 0.3) is 0 Å². The van der Waals surface area contributed by atoms with Gasteiger partial charge < -0.3 is 4.74 Å². The summed E-state index contributed by atoms with van der Waals surface area (Å²) in [4.78, 5) is 10.9. The fourth-order valence-electron chi connectivity index (χ4n) is 0.552. The van der Waals surface area contributed by atoms with E-state index >= 15 is 0 Å². The number of halogens is 1. The van der Waals surface area contributed by atoms with E-state index in [9.17, 15) is 4.79 Å². The molecule has 0 amide bonds. The molecule has 3 nitrogen and oxygen atoms in total. The van der Waals surface area contributed by atoms with E-state index in [2.05, 4.69) is 0 Å². The third kappa shape index (κ3) is 7.62. The van der Waals surface area contributed by atoms with Crippen LogP contribution in [-0.4, -0.2) is 29.6 Å². The summed E-state index contributed by atoms with van der Waals surface area (Å²) in [6.07, 6.45) is 0. The highest BCUT2D eigenvalue weighted by Gasteiger charge is 2.16. The molecule has 0 aromatic heterocycles. The van der Waals surface area contributed by atoms with Crippen LogP contribution in [0.1, 0.15) is 20.8 Å². The van der Waals surface area contributed by atoms with E-state index < -0.39 is 5.60 Å². The number of carbonyl (C=O) groups excluding carboxylic acids is 1. The van der Waals surface area contributed by atoms with Crippen molar-refractivity contribution in [3.63, 3.8) is 0 Å². The molecular weight excluding hydrogens is 166 g/mol. The standard InChI is InChI=1S/C7H14ClNO2/c1-7(2,3)11-6(10)5-9(4)8/h5H2,1-4H3. The van der Waals surface area contributed by atoms with Gasteiger partial charge in [0.1, 0.15) is 12.1 Å². The highest BCUT2D eigenvalue weighted by atomic mass is 35.5. The van der Waals surface area contributed by atoms with E-state index in [0.717, 1.165) is 0 Å².